The standard InChI is InChI=1S/C19H16Cl2N2O2/c1-2-10-23-18(24)16(14-9-8-12(20)11-15(14)21)17(19(23)25)22-13-6-4-3-5-7-13/h3-9,11,22H,2,10H2,1H3. The monoisotopic (exact) mass is 374 g/mol. The van der Waals surface area contributed by atoms with Crippen LogP contribution in [0.1, 0.15) is 18.9 Å². The molecule has 25 heavy (non-hydrogen) atoms. The van der Waals surface area contributed by atoms with Crippen LogP contribution in [0.5, 0.6) is 0 Å². The molecule has 0 atom stereocenters. The Kier molecular flexibility index (Phi) is 5.11. The summed E-state index contributed by atoms with van der Waals surface area (Å²) in [5.41, 5.74) is 1.71. The second kappa shape index (κ2) is 7.30. The maximum atomic E-state index is 12.9. The molecule has 0 unspecified atom stereocenters. The minimum absolute atomic E-state index is 0.230. The van der Waals surface area contributed by atoms with Crippen molar-refractivity contribution in [2.45, 2.75) is 13.3 Å². The van der Waals surface area contributed by atoms with Gasteiger partial charge in [0.05, 0.1) is 10.6 Å². The van der Waals surface area contributed by atoms with E-state index in [1.165, 1.54) is 4.90 Å². The Labute approximate surface area is 156 Å². The maximum Gasteiger partial charge on any atom is 0.278 e. The lowest BCUT2D eigenvalue weighted by molar-refractivity contribution is -0.136. The molecule has 2 aromatic carbocycles. The highest BCUT2D eigenvalue weighted by molar-refractivity contribution is 6.41. The third kappa shape index (κ3) is 3.41. The van der Waals surface area contributed by atoms with Crippen LogP contribution in [0.3, 0.4) is 0 Å². The Hall–Kier alpha value is -2.30. The number of hydrogen-bond donors (Lipinski definition) is 1. The van der Waals surface area contributed by atoms with Gasteiger partial charge in [-0.05, 0) is 30.7 Å². The predicted octanol–water partition coefficient (Wildman–Crippen LogP) is 4.60. The molecule has 0 bridgehead atoms. The first-order chi connectivity index (χ1) is 12.0. The molecule has 1 heterocycles. The highest BCUT2D eigenvalue weighted by Gasteiger charge is 2.39. The molecule has 0 aromatic heterocycles. The van der Waals surface area contributed by atoms with Gasteiger partial charge >= 0.3 is 0 Å². The molecule has 1 aliphatic rings. The Morgan fingerprint density at radius 3 is 2.36 bits per heavy atom. The Bertz CT molecular complexity index is 863. The van der Waals surface area contributed by atoms with Crippen molar-refractivity contribution in [2.24, 2.45) is 0 Å². The molecule has 1 aliphatic heterocycles. The quantitative estimate of drug-likeness (QED) is 0.778. The van der Waals surface area contributed by atoms with Gasteiger partial charge in [0, 0.05) is 22.8 Å². The van der Waals surface area contributed by atoms with E-state index in [9.17, 15) is 9.59 Å². The molecule has 4 nitrogen and oxygen atoms in total. The van der Waals surface area contributed by atoms with Crippen LogP contribution in [0, 0.1) is 0 Å². The van der Waals surface area contributed by atoms with Crippen molar-refractivity contribution in [3.8, 4) is 0 Å². The number of benzene rings is 2. The van der Waals surface area contributed by atoms with E-state index >= 15 is 0 Å². The van der Waals surface area contributed by atoms with E-state index in [0.717, 1.165) is 5.69 Å². The van der Waals surface area contributed by atoms with Gasteiger partial charge in [-0.3, -0.25) is 14.5 Å². The summed E-state index contributed by atoms with van der Waals surface area (Å²) in [7, 11) is 0. The Morgan fingerprint density at radius 1 is 1.00 bits per heavy atom. The lowest BCUT2D eigenvalue weighted by atomic mass is 10.0. The van der Waals surface area contributed by atoms with E-state index < -0.39 is 0 Å². The van der Waals surface area contributed by atoms with Gasteiger partial charge in [-0.2, -0.15) is 0 Å². The summed E-state index contributed by atoms with van der Waals surface area (Å²) < 4.78 is 0. The fourth-order valence-corrected chi connectivity index (χ4v) is 3.23. The third-order valence-electron chi connectivity index (χ3n) is 3.86. The summed E-state index contributed by atoms with van der Waals surface area (Å²) in [6.45, 7) is 2.27. The summed E-state index contributed by atoms with van der Waals surface area (Å²) in [6, 6.07) is 14.1. The van der Waals surface area contributed by atoms with E-state index in [2.05, 4.69) is 5.32 Å². The highest BCUT2D eigenvalue weighted by atomic mass is 35.5. The second-order valence-corrected chi connectivity index (χ2v) is 6.47. The average molecular weight is 375 g/mol. The number of halogens is 2. The molecular weight excluding hydrogens is 359 g/mol. The van der Waals surface area contributed by atoms with E-state index in [0.29, 0.717) is 28.6 Å². The van der Waals surface area contributed by atoms with Crippen LogP contribution < -0.4 is 5.32 Å². The van der Waals surface area contributed by atoms with Crippen molar-refractivity contribution in [3.63, 3.8) is 0 Å². The number of amides is 2. The summed E-state index contributed by atoms with van der Waals surface area (Å²) in [5, 5.41) is 3.87. The van der Waals surface area contributed by atoms with E-state index in [4.69, 9.17) is 23.2 Å². The highest BCUT2D eigenvalue weighted by Crippen LogP contribution is 2.35. The number of imide groups is 1. The first kappa shape index (κ1) is 17.5. The van der Waals surface area contributed by atoms with Crippen LogP contribution in [0.15, 0.2) is 54.2 Å². The molecule has 2 aromatic rings. The first-order valence-corrected chi connectivity index (χ1v) is 8.66. The number of rotatable bonds is 5. The summed E-state index contributed by atoms with van der Waals surface area (Å²) in [5.74, 6) is -0.703. The Balaban J connectivity index is 2.12. The molecule has 128 valence electrons. The fourth-order valence-electron chi connectivity index (χ4n) is 2.73. The minimum Gasteiger partial charge on any atom is -0.350 e. The number of carbonyl (C=O) groups excluding carboxylic acids is 2. The van der Waals surface area contributed by atoms with Gasteiger partial charge in [0.1, 0.15) is 5.70 Å². The molecule has 0 spiro atoms. The van der Waals surface area contributed by atoms with Gasteiger partial charge in [-0.1, -0.05) is 54.4 Å². The van der Waals surface area contributed by atoms with E-state index in [-0.39, 0.29) is 23.1 Å². The zero-order valence-corrected chi connectivity index (χ0v) is 15.1. The Morgan fingerprint density at radius 2 is 1.72 bits per heavy atom. The second-order valence-electron chi connectivity index (χ2n) is 5.63. The number of carbonyl (C=O) groups is 2. The topological polar surface area (TPSA) is 49.4 Å². The van der Waals surface area contributed by atoms with Gasteiger partial charge in [-0.15, -0.1) is 0 Å². The van der Waals surface area contributed by atoms with Crippen LogP contribution in [0.25, 0.3) is 5.57 Å². The maximum absolute atomic E-state index is 12.9. The van der Waals surface area contributed by atoms with Crippen molar-refractivity contribution < 1.29 is 9.59 Å². The lowest BCUT2D eigenvalue weighted by Gasteiger charge is -2.13. The SMILES string of the molecule is CCCN1C(=O)C(Nc2ccccc2)=C(c2ccc(Cl)cc2Cl)C1=O. The van der Waals surface area contributed by atoms with Gasteiger partial charge in [-0.25, -0.2) is 0 Å². The number of para-hydroxylation sites is 1. The molecular formula is C19H16Cl2N2O2. The van der Waals surface area contributed by atoms with Crippen molar-refractivity contribution in [3.05, 3.63) is 69.8 Å². The molecule has 0 aliphatic carbocycles. The smallest absolute Gasteiger partial charge is 0.278 e. The van der Waals surface area contributed by atoms with Crippen molar-refractivity contribution in [1.29, 1.82) is 0 Å². The van der Waals surface area contributed by atoms with Gasteiger partial charge < -0.3 is 5.32 Å². The average Bonchev–Trinajstić information content (AvgIpc) is 2.81. The third-order valence-corrected chi connectivity index (χ3v) is 4.41. The first-order valence-electron chi connectivity index (χ1n) is 7.91. The van der Waals surface area contributed by atoms with E-state index in [1.807, 2.05) is 37.3 Å². The molecule has 0 saturated carbocycles. The lowest BCUT2D eigenvalue weighted by Crippen LogP contribution is -2.33. The fraction of sp³-hybridized carbons (Fsp3) is 0.158. The van der Waals surface area contributed by atoms with Crippen LogP contribution in [-0.2, 0) is 9.59 Å². The van der Waals surface area contributed by atoms with Crippen molar-refractivity contribution >= 4 is 46.3 Å². The molecule has 0 fully saturated rings. The zero-order valence-electron chi connectivity index (χ0n) is 13.6. The minimum atomic E-state index is -0.352. The number of nitrogens with one attached hydrogen (secondary N) is 1. The van der Waals surface area contributed by atoms with Crippen LogP contribution >= 0.6 is 23.2 Å². The van der Waals surface area contributed by atoms with Crippen molar-refractivity contribution in [2.75, 3.05) is 11.9 Å². The van der Waals surface area contributed by atoms with Gasteiger partial charge in [0.2, 0.25) is 0 Å². The molecule has 2 amide bonds. The molecule has 6 heteroatoms. The van der Waals surface area contributed by atoms with Gasteiger partial charge in [0.25, 0.3) is 11.8 Å². The summed E-state index contributed by atoms with van der Waals surface area (Å²) in [6.07, 6.45) is 0.678. The number of nitrogens with zero attached hydrogens (tertiary/aromatic N) is 1. The normalized spacial score (nSPS) is 14.4. The van der Waals surface area contributed by atoms with Crippen molar-refractivity contribution in [1.82, 2.24) is 4.90 Å². The zero-order chi connectivity index (χ0) is 18.0. The molecule has 0 radical (unpaired) electrons. The van der Waals surface area contributed by atoms with E-state index in [1.54, 1.807) is 18.2 Å². The molecule has 1 N–H and O–H groups in total. The molecule has 3 rings (SSSR count). The van der Waals surface area contributed by atoms with Gasteiger partial charge in [0.15, 0.2) is 0 Å². The molecule has 0 saturated heterocycles. The van der Waals surface area contributed by atoms with Crippen LogP contribution in [0.2, 0.25) is 10.0 Å². The largest absolute Gasteiger partial charge is 0.350 e. The van der Waals surface area contributed by atoms with Crippen LogP contribution in [0.4, 0.5) is 5.69 Å². The summed E-state index contributed by atoms with van der Waals surface area (Å²) in [4.78, 5) is 26.9. The predicted molar refractivity (Wildman–Crippen MR) is 100 cm³/mol. The number of anilines is 1. The van der Waals surface area contributed by atoms with Crippen LogP contribution in [-0.4, -0.2) is 23.3 Å². The number of hydrogen-bond acceptors (Lipinski definition) is 3. The summed E-state index contributed by atoms with van der Waals surface area (Å²) >= 11 is 12.2.